The van der Waals surface area contributed by atoms with Gasteiger partial charge in [-0.1, -0.05) is 5.57 Å². The molecule has 2 heterocycles. The largest absolute Gasteiger partial charge is 0.307 e. The average molecular weight is 292 g/mol. The van der Waals surface area contributed by atoms with E-state index >= 15 is 0 Å². The highest BCUT2D eigenvalue weighted by Crippen LogP contribution is 2.07. The summed E-state index contributed by atoms with van der Waals surface area (Å²) in [4.78, 5) is 0. The van der Waals surface area contributed by atoms with Gasteiger partial charge in [0, 0.05) is 12.4 Å². The standard InChI is InChI=1S/C14H17N5.ClH/c1-11(2)10-12(3)15-16-13-6-7-14(18-17-13)19-8-4-5-9-19;/h4-10H,1-3H3,(H,16,17);1H/b15-12-;. The fourth-order valence-corrected chi connectivity index (χ4v) is 1.61. The SMILES string of the molecule is CC(C)=C/C(C)=N\Nc1ccc(-n2cccc2)nn1.Cl. The summed E-state index contributed by atoms with van der Waals surface area (Å²) in [7, 11) is 0. The van der Waals surface area contributed by atoms with E-state index in [1.165, 1.54) is 5.57 Å². The Hall–Kier alpha value is -2.14. The zero-order chi connectivity index (χ0) is 13.7. The number of rotatable bonds is 4. The van der Waals surface area contributed by atoms with Gasteiger partial charge in [-0.25, -0.2) is 0 Å². The Balaban J connectivity index is 0.00000200. The molecule has 0 aliphatic heterocycles. The molecular weight excluding hydrogens is 274 g/mol. The molecule has 0 fully saturated rings. The summed E-state index contributed by atoms with van der Waals surface area (Å²) in [5.41, 5.74) is 4.99. The number of allylic oxidation sites excluding steroid dienone is 2. The maximum atomic E-state index is 4.21. The summed E-state index contributed by atoms with van der Waals surface area (Å²) in [5.74, 6) is 1.40. The predicted octanol–water partition coefficient (Wildman–Crippen LogP) is 3.44. The second-order valence-electron chi connectivity index (χ2n) is 4.45. The number of nitrogens with zero attached hydrogens (tertiary/aromatic N) is 4. The molecule has 0 aliphatic rings. The lowest BCUT2D eigenvalue weighted by Crippen LogP contribution is -2.01. The zero-order valence-corrected chi connectivity index (χ0v) is 12.6. The second kappa shape index (κ2) is 7.45. The zero-order valence-electron chi connectivity index (χ0n) is 11.7. The number of halogens is 1. The molecule has 1 N–H and O–H groups in total. The molecule has 0 amide bonds. The minimum Gasteiger partial charge on any atom is -0.307 e. The molecule has 20 heavy (non-hydrogen) atoms. The van der Waals surface area contributed by atoms with E-state index in [2.05, 4.69) is 20.7 Å². The molecule has 0 atom stereocenters. The first kappa shape index (κ1) is 15.9. The van der Waals surface area contributed by atoms with Crippen molar-refractivity contribution in [1.29, 1.82) is 0 Å². The first-order valence-corrected chi connectivity index (χ1v) is 6.07. The minimum absolute atomic E-state index is 0. The van der Waals surface area contributed by atoms with Crippen LogP contribution < -0.4 is 5.43 Å². The summed E-state index contributed by atoms with van der Waals surface area (Å²) in [6.07, 6.45) is 5.84. The normalized spacial score (nSPS) is 10.7. The van der Waals surface area contributed by atoms with E-state index in [9.17, 15) is 0 Å². The van der Waals surface area contributed by atoms with Crippen LogP contribution in [0.5, 0.6) is 0 Å². The van der Waals surface area contributed by atoms with Gasteiger partial charge in [0.15, 0.2) is 11.6 Å². The van der Waals surface area contributed by atoms with E-state index in [0.29, 0.717) is 5.82 Å². The van der Waals surface area contributed by atoms with Crippen molar-refractivity contribution in [2.45, 2.75) is 20.8 Å². The maximum Gasteiger partial charge on any atom is 0.168 e. The number of hydrogen-bond acceptors (Lipinski definition) is 4. The van der Waals surface area contributed by atoms with Crippen molar-refractivity contribution in [3.8, 4) is 5.82 Å². The molecular formula is C14H18ClN5. The Morgan fingerprint density at radius 1 is 1.15 bits per heavy atom. The van der Waals surface area contributed by atoms with Crippen molar-refractivity contribution in [1.82, 2.24) is 14.8 Å². The monoisotopic (exact) mass is 291 g/mol. The molecule has 2 rings (SSSR count). The van der Waals surface area contributed by atoms with Crippen LogP contribution in [0.3, 0.4) is 0 Å². The average Bonchev–Trinajstić information content (AvgIpc) is 2.90. The minimum atomic E-state index is 0. The van der Waals surface area contributed by atoms with Crippen molar-refractivity contribution in [2.75, 3.05) is 5.43 Å². The predicted molar refractivity (Wildman–Crippen MR) is 84.8 cm³/mol. The molecule has 0 spiro atoms. The Morgan fingerprint density at radius 3 is 2.40 bits per heavy atom. The van der Waals surface area contributed by atoms with Gasteiger partial charge in [-0.3, -0.25) is 5.43 Å². The van der Waals surface area contributed by atoms with Gasteiger partial charge >= 0.3 is 0 Å². The van der Waals surface area contributed by atoms with Gasteiger partial charge in [-0.15, -0.1) is 22.6 Å². The fourth-order valence-electron chi connectivity index (χ4n) is 1.61. The van der Waals surface area contributed by atoms with Crippen molar-refractivity contribution in [3.05, 3.63) is 48.3 Å². The number of hydrogen-bond donors (Lipinski definition) is 1. The maximum absolute atomic E-state index is 4.21. The van der Waals surface area contributed by atoms with E-state index < -0.39 is 0 Å². The third-order valence-corrected chi connectivity index (χ3v) is 2.36. The lowest BCUT2D eigenvalue weighted by Gasteiger charge is -2.02. The molecule has 2 aromatic rings. The highest BCUT2D eigenvalue weighted by atomic mass is 35.5. The van der Waals surface area contributed by atoms with Gasteiger partial charge < -0.3 is 4.57 Å². The Labute approximate surface area is 124 Å². The summed E-state index contributed by atoms with van der Waals surface area (Å²) in [6.45, 7) is 6.00. The van der Waals surface area contributed by atoms with Gasteiger partial charge in [-0.2, -0.15) is 5.10 Å². The number of aromatic nitrogens is 3. The fraction of sp³-hybridized carbons (Fsp3) is 0.214. The van der Waals surface area contributed by atoms with Crippen molar-refractivity contribution in [3.63, 3.8) is 0 Å². The van der Waals surface area contributed by atoms with Crippen LogP contribution in [0.1, 0.15) is 20.8 Å². The van der Waals surface area contributed by atoms with Crippen LogP contribution in [0.4, 0.5) is 5.82 Å². The molecule has 2 aromatic heterocycles. The Morgan fingerprint density at radius 2 is 1.85 bits per heavy atom. The Kier molecular flexibility index (Phi) is 5.93. The van der Waals surface area contributed by atoms with Gasteiger partial charge in [-0.05, 0) is 51.1 Å². The molecule has 0 bridgehead atoms. The smallest absolute Gasteiger partial charge is 0.168 e. The highest BCUT2D eigenvalue weighted by molar-refractivity contribution is 5.93. The van der Waals surface area contributed by atoms with Crippen molar-refractivity contribution >= 4 is 23.9 Å². The molecule has 0 unspecified atom stereocenters. The van der Waals surface area contributed by atoms with Crippen LogP contribution in [0.2, 0.25) is 0 Å². The number of hydrazone groups is 1. The molecule has 0 aliphatic carbocycles. The molecule has 0 radical (unpaired) electrons. The van der Waals surface area contributed by atoms with Crippen LogP contribution in [-0.4, -0.2) is 20.5 Å². The summed E-state index contributed by atoms with van der Waals surface area (Å²) in [5, 5.41) is 12.4. The first-order chi connectivity index (χ1) is 9.15. The number of nitrogens with one attached hydrogen (secondary N) is 1. The third-order valence-electron chi connectivity index (χ3n) is 2.36. The van der Waals surface area contributed by atoms with Crippen molar-refractivity contribution < 1.29 is 0 Å². The molecule has 0 saturated heterocycles. The van der Waals surface area contributed by atoms with Crippen LogP contribution in [0.25, 0.3) is 5.82 Å². The third kappa shape index (κ3) is 4.51. The molecule has 106 valence electrons. The van der Waals surface area contributed by atoms with Crippen LogP contribution in [0, 0.1) is 0 Å². The number of anilines is 1. The van der Waals surface area contributed by atoms with E-state index in [1.807, 2.05) is 68.1 Å². The van der Waals surface area contributed by atoms with Crippen LogP contribution in [-0.2, 0) is 0 Å². The van der Waals surface area contributed by atoms with Gasteiger partial charge in [0.25, 0.3) is 0 Å². The molecule has 0 saturated carbocycles. The quantitative estimate of drug-likeness (QED) is 0.693. The molecule has 0 aromatic carbocycles. The van der Waals surface area contributed by atoms with Gasteiger partial charge in [0.2, 0.25) is 0 Å². The topological polar surface area (TPSA) is 55.1 Å². The summed E-state index contributed by atoms with van der Waals surface area (Å²) < 4.78 is 1.90. The van der Waals surface area contributed by atoms with Crippen LogP contribution >= 0.6 is 12.4 Å². The van der Waals surface area contributed by atoms with Crippen molar-refractivity contribution in [2.24, 2.45) is 5.10 Å². The lowest BCUT2D eigenvalue weighted by molar-refractivity contribution is 0.918. The Bertz CT molecular complexity index is 581. The summed E-state index contributed by atoms with van der Waals surface area (Å²) in [6, 6.07) is 7.63. The van der Waals surface area contributed by atoms with Gasteiger partial charge in [0.05, 0.1) is 5.71 Å². The molecule has 5 nitrogen and oxygen atoms in total. The van der Waals surface area contributed by atoms with Gasteiger partial charge in [0.1, 0.15) is 0 Å². The van der Waals surface area contributed by atoms with E-state index in [-0.39, 0.29) is 12.4 Å². The lowest BCUT2D eigenvalue weighted by atomic mass is 10.3. The molecule has 6 heteroatoms. The highest BCUT2D eigenvalue weighted by Gasteiger charge is 1.98. The van der Waals surface area contributed by atoms with E-state index in [1.54, 1.807) is 0 Å². The van der Waals surface area contributed by atoms with E-state index in [0.717, 1.165) is 11.5 Å². The first-order valence-electron chi connectivity index (χ1n) is 6.07. The van der Waals surface area contributed by atoms with E-state index in [4.69, 9.17) is 0 Å². The van der Waals surface area contributed by atoms with Crippen LogP contribution in [0.15, 0.2) is 53.4 Å². The second-order valence-corrected chi connectivity index (χ2v) is 4.45. The summed E-state index contributed by atoms with van der Waals surface area (Å²) >= 11 is 0.